The number of halogens is 1. The van der Waals surface area contributed by atoms with Crippen LogP contribution in [-0.4, -0.2) is 33.7 Å². The lowest BCUT2D eigenvalue weighted by Gasteiger charge is -2.14. The molecule has 1 aliphatic heterocycles. The Morgan fingerprint density at radius 1 is 1.50 bits per heavy atom. The summed E-state index contributed by atoms with van der Waals surface area (Å²) in [5, 5.41) is 10.6. The number of thiocarbonyl (C=S) groups is 1. The Labute approximate surface area is 158 Å². The van der Waals surface area contributed by atoms with Crippen LogP contribution in [0.25, 0.3) is 6.08 Å². The Morgan fingerprint density at radius 3 is 2.83 bits per heavy atom. The van der Waals surface area contributed by atoms with E-state index in [4.69, 9.17) is 17.0 Å². The van der Waals surface area contributed by atoms with Crippen LogP contribution in [0.2, 0.25) is 0 Å². The lowest BCUT2D eigenvalue weighted by Crippen LogP contribution is -2.33. The Balaban J connectivity index is 2.28. The third-order valence-electron chi connectivity index (χ3n) is 3.03. The average Bonchev–Trinajstić information content (AvgIpc) is 2.74. The van der Waals surface area contributed by atoms with Crippen LogP contribution in [0.5, 0.6) is 5.75 Å². The van der Waals surface area contributed by atoms with Crippen molar-refractivity contribution in [2.24, 2.45) is 0 Å². The second kappa shape index (κ2) is 8.13. The lowest BCUT2D eigenvalue weighted by atomic mass is 10.2. The van der Waals surface area contributed by atoms with Gasteiger partial charge in [-0.2, -0.15) is 0 Å². The van der Waals surface area contributed by atoms with Crippen molar-refractivity contribution in [1.29, 1.82) is 0 Å². The summed E-state index contributed by atoms with van der Waals surface area (Å²) in [4.78, 5) is 24.7. The number of amides is 1. The molecule has 1 heterocycles. The summed E-state index contributed by atoms with van der Waals surface area (Å²) in [5.74, 6) is -0.859. The van der Waals surface area contributed by atoms with Gasteiger partial charge in [-0.1, -0.05) is 39.9 Å². The van der Waals surface area contributed by atoms with Gasteiger partial charge in [0.05, 0.1) is 11.0 Å². The highest BCUT2D eigenvalue weighted by Gasteiger charge is 2.31. The molecule has 0 aromatic heterocycles. The first-order chi connectivity index (χ1) is 11.3. The predicted molar refractivity (Wildman–Crippen MR) is 99.4 cm³/mol. The number of thioether (sulfide) groups is 1. The topological polar surface area (TPSA) is 69.7 Å². The summed E-state index contributed by atoms with van der Waals surface area (Å²) in [6.07, 6.45) is 1.45. The van der Waals surface area contributed by atoms with Gasteiger partial charge in [-0.15, -0.1) is 0 Å². The predicted octanol–water partition coefficient (Wildman–Crippen LogP) is 2.58. The summed E-state index contributed by atoms with van der Waals surface area (Å²) >= 11 is 9.72. The Bertz CT molecular complexity index is 718. The molecule has 5 nitrogen and oxygen atoms in total. The van der Waals surface area contributed by atoms with Gasteiger partial charge in [-0.05, 0) is 38.1 Å². The molecule has 0 radical (unpaired) electrons. The van der Waals surface area contributed by atoms with Crippen LogP contribution in [0.3, 0.4) is 0 Å². The SMILES string of the molecule is CC(C)Oc1ccc(Br)cc1/C=C1\SC(=S)N(CCC(=O)[O-])C1=O. The average molecular weight is 429 g/mol. The van der Waals surface area contributed by atoms with Crippen molar-refractivity contribution in [3.05, 3.63) is 33.1 Å². The molecule has 0 spiro atoms. The normalized spacial score (nSPS) is 16.3. The molecule has 0 N–H and O–H groups in total. The molecule has 128 valence electrons. The van der Waals surface area contributed by atoms with Crippen molar-refractivity contribution in [2.45, 2.75) is 26.4 Å². The molecule has 1 aromatic carbocycles. The third kappa shape index (κ3) is 4.81. The zero-order valence-corrected chi connectivity index (χ0v) is 16.3. The highest BCUT2D eigenvalue weighted by atomic mass is 79.9. The minimum Gasteiger partial charge on any atom is -0.550 e. The monoisotopic (exact) mass is 428 g/mol. The standard InChI is InChI=1S/C16H16BrNO4S2/c1-9(2)22-12-4-3-11(17)7-10(12)8-13-15(21)18(16(23)24-13)6-5-14(19)20/h3-4,7-9H,5-6H2,1-2H3,(H,19,20)/p-1/b13-8-. The van der Waals surface area contributed by atoms with Crippen LogP contribution in [0.4, 0.5) is 0 Å². The Kier molecular flexibility index (Phi) is 6.42. The molecule has 24 heavy (non-hydrogen) atoms. The second-order valence-electron chi connectivity index (χ2n) is 5.30. The summed E-state index contributed by atoms with van der Waals surface area (Å²) in [6.45, 7) is 3.86. The molecule has 8 heteroatoms. The van der Waals surface area contributed by atoms with E-state index in [1.807, 2.05) is 32.0 Å². The molecule has 0 saturated carbocycles. The van der Waals surface area contributed by atoms with Crippen molar-refractivity contribution in [3.8, 4) is 5.75 Å². The van der Waals surface area contributed by atoms with E-state index in [1.165, 1.54) is 4.90 Å². The van der Waals surface area contributed by atoms with Gasteiger partial charge in [-0.25, -0.2) is 0 Å². The smallest absolute Gasteiger partial charge is 0.266 e. The molecule has 0 atom stereocenters. The fourth-order valence-electron chi connectivity index (χ4n) is 2.03. The van der Waals surface area contributed by atoms with Crippen LogP contribution in [0, 0.1) is 0 Å². The van der Waals surface area contributed by atoms with Gasteiger partial charge in [0.1, 0.15) is 10.1 Å². The van der Waals surface area contributed by atoms with Crippen molar-refractivity contribution in [1.82, 2.24) is 4.90 Å². The Hall–Kier alpha value is -1.38. The molecular weight excluding hydrogens is 414 g/mol. The third-order valence-corrected chi connectivity index (χ3v) is 4.91. The van der Waals surface area contributed by atoms with Crippen molar-refractivity contribution in [2.75, 3.05) is 6.54 Å². The second-order valence-corrected chi connectivity index (χ2v) is 7.90. The molecule has 0 bridgehead atoms. The van der Waals surface area contributed by atoms with Gasteiger partial charge in [0.25, 0.3) is 5.91 Å². The Morgan fingerprint density at radius 2 is 2.21 bits per heavy atom. The lowest BCUT2D eigenvalue weighted by molar-refractivity contribution is -0.305. The number of nitrogens with zero attached hydrogens (tertiary/aromatic N) is 1. The minimum atomic E-state index is -1.22. The zero-order chi connectivity index (χ0) is 17.9. The molecule has 1 amide bonds. The maximum Gasteiger partial charge on any atom is 0.266 e. The number of carbonyl (C=O) groups is 2. The van der Waals surface area contributed by atoms with Crippen molar-refractivity contribution >= 4 is 62.2 Å². The van der Waals surface area contributed by atoms with E-state index in [-0.39, 0.29) is 25.0 Å². The molecule has 2 rings (SSSR count). The number of aliphatic carboxylic acids is 1. The van der Waals surface area contributed by atoms with E-state index in [2.05, 4.69) is 15.9 Å². The summed E-state index contributed by atoms with van der Waals surface area (Å²) in [7, 11) is 0. The fourth-order valence-corrected chi connectivity index (χ4v) is 3.71. The quantitative estimate of drug-likeness (QED) is 0.512. The maximum atomic E-state index is 12.4. The number of rotatable bonds is 6. The van der Waals surface area contributed by atoms with Crippen LogP contribution in [0.1, 0.15) is 25.8 Å². The van der Waals surface area contributed by atoms with Gasteiger partial charge < -0.3 is 14.6 Å². The molecule has 1 aromatic rings. The molecule has 0 unspecified atom stereocenters. The van der Waals surface area contributed by atoms with Crippen LogP contribution in [-0.2, 0) is 9.59 Å². The van der Waals surface area contributed by atoms with Gasteiger partial charge >= 0.3 is 0 Å². The fraction of sp³-hybridized carbons (Fsp3) is 0.312. The van der Waals surface area contributed by atoms with Gasteiger partial charge in [0, 0.05) is 29.0 Å². The number of hydrogen-bond acceptors (Lipinski definition) is 6. The van der Waals surface area contributed by atoms with E-state index in [1.54, 1.807) is 6.08 Å². The van der Waals surface area contributed by atoms with Gasteiger partial charge in [0.2, 0.25) is 0 Å². The molecular formula is C16H15BrNO4S2-. The summed E-state index contributed by atoms with van der Waals surface area (Å²) < 4.78 is 6.96. The number of ether oxygens (including phenoxy) is 1. The van der Waals surface area contributed by atoms with E-state index in [9.17, 15) is 14.7 Å². The number of carboxylic acid groups (broad SMARTS) is 1. The van der Waals surface area contributed by atoms with Gasteiger partial charge in [-0.3, -0.25) is 9.69 Å². The number of carbonyl (C=O) groups excluding carboxylic acids is 2. The van der Waals surface area contributed by atoms with E-state index < -0.39 is 5.97 Å². The highest BCUT2D eigenvalue weighted by molar-refractivity contribution is 9.10. The highest BCUT2D eigenvalue weighted by Crippen LogP contribution is 2.35. The minimum absolute atomic E-state index is 0.00380. The number of carboxylic acids is 1. The molecule has 1 saturated heterocycles. The van der Waals surface area contributed by atoms with E-state index in [0.717, 1.165) is 21.8 Å². The summed E-state index contributed by atoms with van der Waals surface area (Å²) in [5.41, 5.74) is 0.749. The van der Waals surface area contributed by atoms with Crippen LogP contribution >= 0.6 is 39.9 Å². The van der Waals surface area contributed by atoms with Gasteiger partial charge in [0.15, 0.2) is 0 Å². The van der Waals surface area contributed by atoms with Crippen LogP contribution < -0.4 is 9.84 Å². The first-order valence-electron chi connectivity index (χ1n) is 7.19. The maximum absolute atomic E-state index is 12.4. The van der Waals surface area contributed by atoms with Crippen LogP contribution in [0.15, 0.2) is 27.6 Å². The molecule has 1 fully saturated rings. The largest absolute Gasteiger partial charge is 0.550 e. The van der Waals surface area contributed by atoms with Crippen molar-refractivity contribution in [3.63, 3.8) is 0 Å². The summed E-state index contributed by atoms with van der Waals surface area (Å²) in [6, 6.07) is 5.54. The first kappa shape index (κ1) is 19.0. The number of hydrogen-bond donors (Lipinski definition) is 0. The van der Waals surface area contributed by atoms with Crippen molar-refractivity contribution < 1.29 is 19.4 Å². The molecule has 1 aliphatic rings. The van der Waals surface area contributed by atoms with E-state index >= 15 is 0 Å². The van der Waals surface area contributed by atoms with E-state index in [0.29, 0.717) is 15.0 Å². The first-order valence-corrected chi connectivity index (χ1v) is 9.21. The zero-order valence-electron chi connectivity index (χ0n) is 13.1. The molecule has 0 aliphatic carbocycles. The number of benzene rings is 1.